The summed E-state index contributed by atoms with van der Waals surface area (Å²) in [5, 5.41) is 0. The molecule has 0 bridgehead atoms. The molecule has 0 aliphatic carbocycles. The van der Waals surface area contributed by atoms with Crippen LogP contribution >= 0.6 is 0 Å². The van der Waals surface area contributed by atoms with Crippen molar-refractivity contribution in [3.05, 3.63) is 0 Å². The molecule has 0 unspecified atom stereocenters. The van der Waals surface area contributed by atoms with E-state index in [0.717, 1.165) is 0 Å². The molecule has 0 fully saturated rings. The molecule has 0 atom stereocenters. The van der Waals surface area contributed by atoms with Gasteiger partial charge in [-0.1, -0.05) is 0 Å². The summed E-state index contributed by atoms with van der Waals surface area (Å²) in [6.45, 7) is 6.71. The third-order valence-corrected chi connectivity index (χ3v) is 11.1. The molecule has 0 heterocycles. The first-order valence-electron chi connectivity index (χ1n) is 3.31. The molecule has 7 heteroatoms. The number of hydrogen-bond donors (Lipinski definition) is 1. The van der Waals surface area contributed by atoms with E-state index in [2.05, 4.69) is 0 Å². The monoisotopic (exact) mass is 214 g/mol. The smallest absolute Gasteiger partial charge is 0.346 e. The van der Waals surface area contributed by atoms with E-state index in [-0.39, 0.29) is 0 Å². The lowest BCUT2D eigenvalue weighted by Gasteiger charge is -2.21. The number of hydrogen-bond acceptors (Lipinski definition) is 3. The standard InChI is InChI=1S/C4H14O4SSi2/c1-10(2)8-11(3,4)9(5,6)7/h10H,1-4H3,(H,5,6,7). The summed E-state index contributed by atoms with van der Waals surface area (Å²) in [7, 11) is -8.20. The average Bonchev–Trinajstić information content (AvgIpc) is 1.56. The van der Waals surface area contributed by atoms with Gasteiger partial charge in [0.2, 0.25) is 0 Å². The Labute approximate surface area is 69.8 Å². The van der Waals surface area contributed by atoms with E-state index in [1.54, 1.807) is 0 Å². The molecule has 0 rings (SSSR count). The van der Waals surface area contributed by atoms with Gasteiger partial charge in [-0.2, -0.15) is 0 Å². The molecule has 0 amide bonds. The minimum absolute atomic E-state index is 1.37. The predicted molar refractivity (Wildman–Crippen MR) is 49.0 cm³/mol. The van der Waals surface area contributed by atoms with Crippen molar-refractivity contribution in [3.8, 4) is 0 Å². The van der Waals surface area contributed by atoms with Crippen LogP contribution < -0.4 is 0 Å². The van der Waals surface area contributed by atoms with Crippen LogP contribution in [0.3, 0.4) is 0 Å². The minimum atomic E-state index is -3.95. The Bertz CT molecular complexity index is 220. The zero-order chi connectivity index (χ0) is 9.28. The predicted octanol–water partition coefficient (Wildman–Crippen LogP) is 0.576. The van der Waals surface area contributed by atoms with Gasteiger partial charge in [0, 0.05) is 0 Å². The summed E-state index contributed by atoms with van der Waals surface area (Å²) in [5.74, 6) is 0. The van der Waals surface area contributed by atoms with Crippen LogP contribution in [0.4, 0.5) is 0 Å². The van der Waals surface area contributed by atoms with Gasteiger partial charge < -0.3 is 4.12 Å². The fraction of sp³-hybridized carbons (Fsp3) is 1.00. The van der Waals surface area contributed by atoms with Gasteiger partial charge in [-0.15, -0.1) is 0 Å². The highest BCUT2D eigenvalue weighted by Crippen LogP contribution is 2.12. The summed E-state index contributed by atoms with van der Waals surface area (Å²) in [6.07, 6.45) is 0. The maximum atomic E-state index is 10.7. The fourth-order valence-electron chi connectivity index (χ4n) is 0.628. The van der Waals surface area contributed by atoms with Crippen molar-refractivity contribution in [2.45, 2.75) is 26.2 Å². The van der Waals surface area contributed by atoms with Crippen LogP contribution in [0.5, 0.6) is 0 Å². The summed E-state index contributed by atoms with van der Waals surface area (Å²) in [5.41, 5.74) is 0. The summed E-state index contributed by atoms with van der Waals surface area (Å²) in [4.78, 5) is 0. The van der Waals surface area contributed by atoms with Crippen molar-refractivity contribution in [2.75, 3.05) is 0 Å². The molecule has 0 radical (unpaired) electrons. The quantitative estimate of drug-likeness (QED) is 0.551. The zero-order valence-corrected chi connectivity index (χ0v) is 10.1. The average molecular weight is 214 g/mol. The SMILES string of the molecule is C[SiH](C)O[Si](C)(C)S(=O)(=O)O. The Hall–Kier alpha value is 0.304. The lowest BCUT2D eigenvalue weighted by atomic mass is 11.9. The van der Waals surface area contributed by atoms with Gasteiger partial charge in [0.15, 0.2) is 9.04 Å². The molecular formula is C4H14O4SSi2. The molecule has 4 nitrogen and oxygen atoms in total. The second kappa shape index (κ2) is 3.36. The lowest BCUT2D eigenvalue weighted by molar-refractivity contribution is 0.482. The third-order valence-electron chi connectivity index (χ3n) is 1.14. The summed E-state index contributed by atoms with van der Waals surface area (Å²) >= 11 is 0. The maximum Gasteiger partial charge on any atom is 0.346 e. The molecule has 0 aromatic heterocycles. The van der Waals surface area contributed by atoms with E-state index in [1.165, 1.54) is 13.1 Å². The summed E-state index contributed by atoms with van der Waals surface area (Å²) in [6, 6.07) is 0. The first kappa shape index (κ1) is 11.3. The van der Waals surface area contributed by atoms with Crippen molar-refractivity contribution in [3.63, 3.8) is 0 Å². The topological polar surface area (TPSA) is 63.6 Å². The van der Waals surface area contributed by atoms with E-state index in [1.807, 2.05) is 13.1 Å². The fourth-order valence-corrected chi connectivity index (χ4v) is 8.48. The van der Waals surface area contributed by atoms with Crippen molar-refractivity contribution >= 4 is 26.1 Å². The van der Waals surface area contributed by atoms with Crippen molar-refractivity contribution in [1.29, 1.82) is 0 Å². The molecule has 68 valence electrons. The van der Waals surface area contributed by atoms with Crippen molar-refractivity contribution in [2.24, 2.45) is 0 Å². The first-order valence-corrected chi connectivity index (χ1v) is 11.2. The van der Waals surface area contributed by atoms with E-state index in [9.17, 15) is 8.42 Å². The molecule has 0 aliphatic heterocycles. The maximum absolute atomic E-state index is 10.7. The van der Waals surface area contributed by atoms with Crippen LogP contribution in [0.15, 0.2) is 0 Å². The van der Waals surface area contributed by atoms with Crippen LogP contribution in [0.1, 0.15) is 0 Å². The largest absolute Gasteiger partial charge is 0.446 e. The molecule has 0 spiro atoms. The Morgan fingerprint density at radius 2 is 1.73 bits per heavy atom. The second-order valence-electron chi connectivity index (χ2n) is 3.04. The third kappa shape index (κ3) is 3.47. The van der Waals surface area contributed by atoms with Crippen LogP contribution in [-0.4, -0.2) is 29.5 Å². The lowest BCUT2D eigenvalue weighted by Crippen LogP contribution is -2.43. The molecule has 0 aromatic carbocycles. The molecular weight excluding hydrogens is 200 g/mol. The van der Waals surface area contributed by atoms with E-state index < -0.39 is 26.1 Å². The van der Waals surface area contributed by atoms with E-state index in [0.29, 0.717) is 0 Å². The first-order chi connectivity index (χ1) is 4.67. The highest BCUT2D eigenvalue weighted by molar-refractivity contribution is 8.17. The van der Waals surface area contributed by atoms with E-state index in [4.69, 9.17) is 8.67 Å². The van der Waals surface area contributed by atoms with Crippen molar-refractivity contribution in [1.82, 2.24) is 0 Å². The van der Waals surface area contributed by atoms with E-state index >= 15 is 0 Å². The zero-order valence-electron chi connectivity index (χ0n) is 7.16. The van der Waals surface area contributed by atoms with Gasteiger partial charge in [-0.25, -0.2) is 8.42 Å². The van der Waals surface area contributed by atoms with Gasteiger partial charge >= 0.3 is 7.47 Å². The molecule has 0 aliphatic rings. The molecule has 0 aromatic rings. The van der Waals surface area contributed by atoms with Crippen LogP contribution in [0.25, 0.3) is 0 Å². The molecule has 1 N–H and O–H groups in total. The van der Waals surface area contributed by atoms with Gasteiger partial charge in [0.25, 0.3) is 9.57 Å². The van der Waals surface area contributed by atoms with Gasteiger partial charge in [-0.3, -0.25) is 4.55 Å². The van der Waals surface area contributed by atoms with Gasteiger partial charge in [0.1, 0.15) is 0 Å². The summed E-state index contributed by atoms with van der Waals surface area (Å²) < 4.78 is 35.4. The molecule has 11 heavy (non-hydrogen) atoms. The van der Waals surface area contributed by atoms with Crippen LogP contribution in [0, 0.1) is 0 Å². The van der Waals surface area contributed by atoms with Gasteiger partial charge in [0.05, 0.1) is 0 Å². The van der Waals surface area contributed by atoms with Crippen LogP contribution in [-0.2, 0) is 13.7 Å². The second-order valence-corrected chi connectivity index (χ2v) is 14.3. The van der Waals surface area contributed by atoms with Crippen molar-refractivity contribution < 1.29 is 17.1 Å². The Morgan fingerprint density at radius 3 is 1.82 bits per heavy atom. The Morgan fingerprint density at radius 1 is 1.36 bits per heavy atom. The molecule has 0 saturated carbocycles. The normalized spacial score (nSPS) is 14.0. The Balaban J connectivity index is 4.49. The minimum Gasteiger partial charge on any atom is -0.446 e. The highest BCUT2D eigenvalue weighted by Gasteiger charge is 2.39. The Kier molecular flexibility index (Phi) is 3.45. The number of rotatable bonds is 3. The molecule has 0 saturated heterocycles. The van der Waals surface area contributed by atoms with Crippen LogP contribution in [0.2, 0.25) is 26.2 Å². The highest BCUT2D eigenvalue weighted by atomic mass is 32.4. The van der Waals surface area contributed by atoms with Gasteiger partial charge in [-0.05, 0) is 26.2 Å².